The first-order valence-corrected chi connectivity index (χ1v) is 7.77. The van der Waals surface area contributed by atoms with Crippen molar-refractivity contribution in [3.05, 3.63) is 60.0 Å². The molecule has 0 saturated heterocycles. The van der Waals surface area contributed by atoms with Crippen molar-refractivity contribution in [2.75, 3.05) is 0 Å². The molecular weight excluding hydrogens is 299 g/mol. The summed E-state index contributed by atoms with van der Waals surface area (Å²) in [5.41, 5.74) is 2.32. The summed E-state index contributed by atoms with van der Waals surface area (Å²) in [4.78, 5) is 3.79. The number of aromatic nitrogens is 2. The number of hydrogen-bond acceptors (Lipinski definition) is 1. The molecule has 1 heterocycles. The summed E-state index contributed by atoms with van der Waals surface area (Å²) in [6.45, 7) is 15.7. The molecule has 0 radical (unpaired) electrons. The van der Waals surface area contributed by atoms with Gasteiger partial charge in [0, 0.05) is 0 Å². The van der Waals surface area contributed by atoms with E-state index in [1.54, 1.807) is 6.08 Å². The first-order valence-electron chi connectivity index (χ1n) is 7.40. The lowest BCUT2D eigenvalue weighted by atomic mass is 10.0. The molecule has 0 aliphatic rings. The highest BCUT2D eigenvalue weighted by Crippen LogP contribution is 2.33. The molecule has 2 nitrogen and oxygen atoms in total. The quantitative estimate of drug-likeness (QED) is 0.564. The molecule has 4 heteroatoms. The van der Waals surface area contributed by atoms with Gasteiger partial charge in [0.1, 0.15) is 0 Å². The van der Waals surface area contributed by atoms with Gasteiger partial charge in [-0.2, -0.15) is 9.37 Å². The van der Waals surface area contributed by atoms with Crippen LogP contribution in [0.25, 0.3) is 5.57 Å². The van der Waals surface area contributed by atoms with E-state index in [1.165, 1.54) is 4.57 Å². The SMILES string of the molecule is C=C/C=C\C(=C/C)C(C)n1c(F)nc(Cl)c1C(=C)CC(C)C. The summed E-state index contributed by atoms with van der Waals surface area (Å²) >= 11 is 6.14. The van der Waals surface area contributed by atoms with Crippen molar-refractivity contribution in [3.8, 4) is 0 Å². The number of rotatable bonds is 7. The Kier molecular flexibility index (Phi) is 6.82. The maximum Gasteiger partial charge on any atom is 0.291 e. The summed E-state index contributed by atoms with van der Waals surface area (Å²) in [6.07, 6.45) is 7.50. The number of imidazole rings is 1. The topological polar surface area (TPSA) is 17.8 Å². The van der Waals surface area contributed by atoms with Gasteiger partial charge in [-0.25, -0.2) is 0 Å². The van der Waals surface area contributed by atoms with Gasteiger partial charge >= 0.3 is 0 Å². The first kappa shape index (κ1) is 18.4. The van der Waals surface area contributed by atoms with E-state index in [0.29, 0.717) is 11.6 Å². The second-order valence-corrected chi connectivity index (χ2v) is 6.01. The molecule has 0 aliphatic carbocycles. The smallest absolute Gasteiger partial charge is 0.291 e. The van der Waals surface area contributed by atoms with E-state index in [0.717, 1.165) is 17.6 Å². The summed E-state index contributed by atoms with van der Waals surface area (Å²) < 4.78 is 15.8. The third-order valence-electron chi connectivity index (χ3n) is 3.44. The van der Waals surface area contributed by atoms with Crippen molar-refractivity contribution >= 4 is 17.2 Å². The van der Waals surface area contributed by atoms with Crippen LogP contribution in [0.3, 0.4) is 0 Å². The third-order valence-corrected chi connectivity index (χ3v) is 3.71. The average molecular weight is 323 g/mol. The van der Waals surface area contributed by atoms with Gasteiger partial charge in [0.05, 0.1) is 11.7 Å². The zero-order valence-corrected chi connectivity index (χ0v) is 14.5. The van der Waals surface area contributed by atoms with Gasteiger partial charge in [0.15, 0.2) is 5.15 Å². The second kappa shape index (κ2) is 8.14. The zero-order chi connectivity index (χ0) is 16.9. The summed E-state index contributed by atoms with van der Waals surface area (Å²) in [7, 11) is 0. The Bertz CT molecular complexity index is 609. The van der Waals surface area contributed by atoms with E-state index in [1.807, 2.05) is 32.1 Å². The normalized spacial score (nSPS) is 13.9. The van der Waals surface area contributed by atoms with Crippen molar-refractivity contribution < 1.29 is 4.39 Å². The Balaban J connectivity index is 3.32. The standard InChI is InChI=1S/C18H24ClFN2/c1-7-9-10-15(8-2)14(6)22-16(13(5)11-12(3)4)17(19)21-18(22)20/h7-10,12,14H,1,5,11H2,2-4,6H3/b10-9-,15-8+. The minimum Gasteiger partial charge on any atom is -0.292 e. The Hall–Kier alpha value is -1.61. The molecule has 0 fully saturated rings. The van der Waals surface area contributed by atoms with Crippen molar-refractivity contribution in [1.29, 1.82) is 0 Å². The summed E-state index contributed by atoms with van der Waals surface area (Å²) in [5, 5.41) is 0.165. The van der Waals surface area contributed by atoms with Crippen molar-refractivity contribution in [2.45, 2.75) is 40.2 Å². The molecule has 0 aliphatic heterocycles. The molecule has 0 aromatic carbocycles. The lowest BCUT2D eigenvalue weighted by molar-refractivity contribution is 0.444. The molecule has 1 unspecified atom stereocenters. The van der Waals surface area contributed by atoms with E-state index in [-0.39, 0.29) is 11.2 Å². The fourth-order valence-electron chi connectivity index (χ4n) is 2.44. The largest absolute Gasteiger partial charge is 0.292 e. The lowest BCUT2D eigenvalue weighted by Crippen LogP contribution is -2.13. The Morgan fingerprint density at radius 3 is 2.55 bits per heavy atom. The van der Waals surface area contributed by atoms with Gasteiger partial charge in [-0.05, 0) is 37.3 Å². The van der Waals surface area contributed by atoms with Crippen LogP contribution in [-0.4, -0.2) is 9.55 Å². The minimum atomic E-state index is -0.594. The molecule has 1 aromatic heterocycles. The molecule has 0 saturated carbocycles. The molecule has 1 rings (SSSR count). The maximum absolute atomic E-state index is 14.3. The van der Waals surface area contributed by atoms with Gasteiger partial charge in [-0.15, -0.1) is 0 Å². The monoisotopic (exact) mass is 322 g/mol. The van der Waals surface area contributed by atoms with Crippen LogP contribution in [-0.2, 0) is 0 Å². The second-order valence-electron chi connectivity index (χ2n) is 5.65. The highest BCUT2D eigenvalue weighted by Gasteiger charge is 2.23. The molecule has 22 heavy (non-hydrogen) atoms. The van der Waals surface area contributed by atoms with Gasteiger partial charge in [-0.1, -0.05) is 62.9 Å². The Morgan fingerprint density at radius 2 is 2.05 bits per heavy atom. The van der Waals surface area contributed by atoms with Crippen molar-refractivity contribution in [1.82, 2.24) is 9.55 Å². The van der Waals surface area contributed by atoms with Crippen LogP contribution in [0, 0.1) is 12.0 Å². The fraction of sp³-hybridized carbons (Fsp3) is 0.389. The van der Waals surface area contributed by atoms with Crippen molar-refractivity contribution in [2.24, 2.45) is 5.92 Å². The zero-order valence-electron chi connectivity index (χ0n) is 13.7. The predicted molar refractivity (Wildman–Crippen MR) is 93.5 cm³/mol. The molecule has 0 amide bonds. The number of hydrogen-bond donors (Lipinski definition) is 0. The van der Waals surface area contributed by atoms with Gasteiger partial charge in [-0.3, -0.25) is 4.57 Å². The Morgan fingerprint density at radius 1 is 1.41 bits per heavy atom. The first-order chi connectivity index (χ1) is 10.3. The third kappa shape index (κ3) is 4.20. The number of halogens is 2. The van der Waals surface area contributed by atoms with Crippen LogP contribution in [0.2, 0.25) is 5.15 Å². The molecule has 0 spiro atoms. The summed E-state index contributed by atoms with van der Waals surface area (Å²) in [6, 6.07) is -0.236. The van der Waals surface area contributed by atoms with Crippen LogP contribution in [0.15, 0.2) is 43.0 Å². The highest BCUT2D eigenvalue weighted by atomic mass is 35.5. The average Bonchev–Trinajstić information content (AvgIpc) is 2.73. The highest BCUT2D eigenvalue weighted by molar-refractivity contribution is 6.31. The molecular formula is C18H24ClFN2. The van der Waals surface area contributed by atoms with Crippen LogP contribution >= 0.6 is 11.6 Å². The van der Waals surface area contributed by atoms with E-state index in [4.69, 9.17) is 11.6 Å². The number of allylic oxidation sites excluding steroid dienone is 6. The van der Waals surface area contributed by atoms with E-state index >= 15 is 0 Å². The predicted octanol–water partition coefficient (Wildman–Crippen LogP) is 5.98. The van der Waals surface area contributed by atoms with Gasteiger partial charge in [0.2, 0.25) is 0 Å². The Labute approximate surface area is 137 Å². The molecule has 0 N–H and O–H groups in total. The molecule has 0 bridgehead atoms. The van der Waals surface area contributed by atoms with Crippen molar-refractivity contribution in [3.63, 3.8) is 0 Å². The van der Waals surface area contributed by atoms with Crippen LogP contribution < -0.4 is 0 Å². The van der Waals surface area contributed by atoms with Crippen LogP contribution in [0.5, 0.6) is 0 Å². The van der Waals surface area contributed by atoms with E-state index in [2.05, 4.69) is 32.0 Å². The van der Waals surface area contributed by atoms with Gasteiger partial charge < -0.3 is 0 Å². The molecule has 1 aromatic rings. The van der Waals surface area contributed by atoms with Gasteiger partial charge in [0.25, 0.3) is 6.08 Å². The maximum atomic E-state index is 14.3. The van der Waals surface area contributed by atoms with Crippen LogP contribution in [0.4, 0.5) is 4.39 Å². The van der Waals surface area contributed by atoms with Crippen LogP contribution in [0.1, 0.15) is 45.9 Å². The number of nitrogens with zero attached hydrogens (tertiary/aromatic N) is 2. The lowest BCUT2D eigenvalue weighted by Gasteiger charge is -2.20. The minimum absolute atomic E-state index is 0.165. The fourth-order valence-corrected chi connectivity index (χ4v) is 2.74. The van der Waals surface area contributed by atoms with E-state index in [9.17, 15) is 4.39 Å². The molecule has 1 atom stereocenters. The van der Waals surface area contributed by atoms with E-state index < -0.39 is 6.08 Å². The summed E-state index contributed by atoms with van der Waals surface area (Å²) in [5.74, 6) is 0.409. The molecule has 120 valence electrons.